The van der Waals surface area contributed by atoms with Crippen LogP contribution >= 0.6 is 15.9 Å². The molecule has 6 nitrogen and oxygen atoms in total. The molecule has 2 heterocycles. The highest BCUT2D eigenvalue weighted by Crippen LogP contribution is 2.28. The van der Waals surface area contributed by atoms with E-state index in [4.69, 9.17) is 0 Å². The molecule has 2 aromatic carbocycles. The second-order valence-corrected chi connectivity index (χ2v) is 7.79. The van der Waals surface area contributed by atoms with E-state index in [1.54, 1.807) is 24.3 Å². The zero-order chi connectivity index (χ0) is 21.4. The van der Waals surface area contributed by atoms with Gasteiger partial charge in [0.25, 0.3) is 11.8 Å². The highest BCUT2D eigenvalue weighted by atomic mass is 79.9. The van der Waals surface area contributed by atoms with E-state index in [0.29, 0.717) is 17.8 Å². The Kier molecular flexibility index (Phi) is 5.13. The maximum Gasteiger partial charge on any atom is 0.335 e. The molecule has 1 saturated heterocycles. The number of amides is 4. The van der Waals surface area contributed by atoms with E-state index in [0.717, 1.165) is 25.8 Å². The Morgan fingerprint density at radius 1 is 1.13 bits per heavy atom. The minimum Gasteiger partial charge on any atom is -0.343 e. The molecule has 150 valence electrons. The molecule has 0 aliphatic carbocycles. The summed E-state index contributed by atoms with van der Waals surface area (Å²) in [7, 11) is 0. The summed E-state index contributed by atoms with van der Waals surface area (Å²) >= 11 is 3.41. The summed E-state index contributed by atoms with van der Waals surface area (Å²) < 4.78 is 2.85. The van der Waals surface area contributed by atoms with E-state index < -0.39 is 17.8 Å². The molecule has 1 fully saturated rings. The van der Waals surface area contributed by atoms with Crippen LogP contribution in [0.3, 0.4) is 0 Å². The van der Waals surface area contributed by atoms with E-state index in [1.807, 2.05) is 42.0 Å². The van der Waals surface area contributed by atoms with Gasteiger partial charge in [0, 0.05) is 33.7 Å². The number of anilines is 1. The van der Waals surface area contributed by atoms with Crippen molar-refractivity contribution in [3.8, 4) is 0 Å². The van der Waals surface area contributed by atoms with Crippen molar-refractivity contribution in [2.45, 2.75) is 13.5 Å². The lowest BCUT2D eigenvalue weighted by Gasteiger charge is -2.26. The number of barbiturate groups is 1. The van der Waals surface area contributed by atoms with Gasteiger partial charge in [0.05, 0.1) is 5.69 Å². The molecular weight excluding hydrogens is 446 g/mol. The molecule has 0 spiro atoms. The first-order valence-corrected chi connectivity index (χ1v) is 10.1. The Hall–Kier alpha value is -3.45. The van der Waals surface area contributed by atoms with Crippen LogP contribution < -0.4 is 10.2 Å². The number of hydrogen-bond donors (Lipinski definition) is 1. The third-order valence-corrected chi connectivity index (χ3v) is 5.84. The first-order valence-electron chi connectivity index (χ1n) is 9.27. The van der Waals surface area contributed by atoms with Crippen molar-refractivity contribution < 1.29 is 14.4 Å². The molecule has 0 bridgehead atoms. The van der Waals surface area contributed by atoms with Gasteiger partial charge in [-0.3, -0.25) is 14.9 Å². The van der Waals surface area contributed by atoms with Gasteiger partial charge >= 0.3 is 6.03 Å². The second kappa shape index (κ2) is 7.76. The van der Waals surface area contributed by atoms with Gasteiger partial charge in [-0.2, -0.15) is 0 Å². The number of carbonyl (C=O) groups is 3. The summed E-state index contributed by atoms with van der Waals surface area (Å²) in [5.74, 6) is -1.37. The molecule has 4 amide bonds. The number of allylic oxidation sites excluding steroid dienone is 1. The predicted octanol–water partition coefficient (Wildman–Crippen LogP) is 4.56. The van der Waals surface area contributed by atoms with Crippen LogP contribution in [0.25, 0.3) is 17.0 Å². The number of rotatable bonds is 4. The van der Waals surface area contributed by atoms with Crippen molar-refractivity contribution in [2.24, 2.45) is 0 Å². The molecule has 30 heavy (non-hydrogen) atoms. The normalized spacial score (nSPS) is 15.7. The molecule has 1 aliphatic rings. The third kappa shape index (κ3) is 3.37. The fourth-order valence-corrected chi connectivity index (χ4v) is 3.74. The van der Waals surface area contributed by atoms with Crippen LogP contribution in [0.15, 0.2) is 71.4 Å². The molecule has 3 aromatic rings. The maximum absolute atomic E-state index is 13.2. The third-order valence-electron chi connectivity index (χ3n) is 4.95. The molecule has 0 unspecified atom stereocenters. The maximum atomic E-state index is 13.2. The summed E-state index contributed by atoms with van der Waals surface area (Å²) in [6.07, 6.45) is 5.17. The topological polar surface area (TPSA) is 71.4 Å². The quantitative estimate of drug-likeness (QED) is 0.350. The van der Waals surface area contributed by atoms with Crippen LogP contribution in [-0.4, -0.2) is 22.4 Å². The molecule has 1 aromatic heterocycles. The van der Waals surface area contributed by atoms with Crippen LogP contribution in [-0.2, 0) is 16.1 Å². The molecule has 0 saturated carbocycles. The number of nitrogens with zero attached hydrogens (tertiary/aromatic N) is 2. The van der Waals surface area contributed by atoms with Gasteiger partial charge in [0.1, 0.15) is 5.57 Å². The van der Waals surface area contributed by atoms with Crippen LogP contribution in [0, 0.1) is 6.92 Å². The number of fused-ring (bicyclic) bond motifs is 1. The number of halogens is 1. The van der Waals surface area contributed by atoms with Crippen molar-refractivity contribution >= 4 is 56.4 Å². The monoisotopic (exact) mass is 463 g/mol. The second-order valence-electron chi connectivity index (χ2n) is 6.93. The summed E-state index contributed by atoms with van der Waals surface area (Å²) in [6.45, 7) is 6.22. The number of para-hydroxylation sites is 1. The van der Waals surface area contributed by atoms with Crippen LogP contribution in [0.4, 0.5) is 10.5 Å². The molecule has 0 radical (unpaired) electrons. The Balaban J connectivity index is 1.81. The number of aromatic nitrogens is 1. The Bertz CT molecular complexity index is 1260. The van der Waals surface area contributed by atoms with E-state index in [2.05, 4.69) is 27.8 Å². The summed E-state index contributed by atoms with van der Waals surface area (Å²) in [6, 6.07) is 12.1. The van der Waals surface area contributed by atoms with Gasteiger partial charge in [0.15, 0.2) is 0 Å². The molecule has 4 rings (SSSR count). The number of benzene rings is 2. The van der Waals surface area contributed by atoms with Crippen molar-refractivity contribution in [1.29, 1.82) is 0 Å². The molecule has 0 atom stereocenters. The van der Waals surface area contributed by atoms with Gasteiger partial charge in [-0.15, -0.1) is 6.58 Å². The summed E-state index contributed by atoms with van der Waals surface area (Å²) in [5.41, 5.74) is 2.84. The number of hydrogen-bond acceptors (Lipinski definition) is 3. The van der Waals surface area contributed by atoms with Gasteiger partial charge in [-0.1, -0.05) is 40.2 Å². The zero-order valence-electron chi connectivity index (χ0n) is 16.2. The van der Waals surface area contributed by atoms with E-state index >= 15 is 0 Å². The number of nitrogens with one attached hydrogen (secondary N) is 1. The highest BCUT2D eigenvalue weighted by Gasteiger charge is 2.37. The predicted molar refractivity (Wildman–Crippen MR) is 120 cm³/mol. The lowest BCUT2D eigenvalue weighted by atomic mass is 10.1. The van der Waals surface area contributed by atoms with Crippen LogP contribution in [0.2, 0.25) is 0 Å². The average molecular weight is 464 g/mol. The van der Waals surface area contributed by atoms with Crippen LogP contribution in [0.5, 0.6) is 0 Å². The first kappa shape index (κ1) is 19.8. The minimum absolute atomic E-state index is 0.100. The van der Waals surface area contributed by atoms with E-state index in [9.17, 15) is 14.4 Å². The number of urea groups is 1. The lowest BCUT2D eigenvalue weighted by molar-refractivity contribution is -0.122. The smallest absolute Gasteiger partial charge is 0.335 e. The largest absolute Gasteiger partial charge is 0.343 e. The standard InChI is InChI=1S/C23H18BrN3O3/c1-3-10-26-13-15(17-6-4-5-7-20(17)26)12-18-21(28)25-23(30)27(22(18)29)16-8-9-19(24)14(2)11-16/h3-9,11-13H,1,10H2,2H3,(H,25,28,30)/b18-12+. The average Bonchev–Trinajstić information content (AvgIpc) is 3.06. The summed E-state index contributed by atoms with van der Waals surface area (Å²) in [4.78, 5) is 39.1. The molecule has 1 aliphatic heterocycles. The number of aryl methyl sites for hydroxylation is 1. The number of carbonyl (C=O) groups excluding carboxylic acids is 3. The molecule has 7 heteroatoms. The fraction of sp³-hybridized carbons (Fsp3) is 0.0870. The Labute approximate surface area is 181 Å². The molecular formula is C23H18BrN3O3. The Morgan fingerprint density at radius 3 is 2.63 bits per heavy atom. The summed E-state index contributed by atoms with van der Waals surface area (Å²) in [5, 5.41) is 3.17. The van der Waals surface area contributed by atoms with Gasteiger partial charge < -0.3 is 4.57 Å². The molecule has 1 N–H and O–H groups in total. The van der Waals surface area contributed by atoms with Crippen molar-refractivity contribution in [3.63, 3.8) is 0 Å². The van der Waals surface area contributed by atoms with Gasteiger partial charge in [0.2, 0.25) is 0 Å². The van der Waals surface area contributed by atoms with Crippen molar-refractivity contribution in [3.05, 3.63) is 82.5 Å². The highest BCUT2D eigenvalue weighted by molar-refractivity contribution is 9.10. The van der Waals surface area contributed by atoms with E-state index in [1.165, 1.54) is 6.08 Å². The van der Waals surface area contributed by atoms with Crippen LogP contribution in [0.1, 0.15) is 11.1 Å². The Morgan fingerprint density at radius 2 is 1.90 bits per heavy atom. The zero-order valence-corrected chi connectivity index (χ0v) is 17.8. The van der Waals surface area contributed by atoms with Crippen molar-refractivity contribution in [1.82, 2.24) is 9.88 Å². The van der Waals surface area contributed by atoms with Crippen molar-refractivity contribution in [2.75, 3.05) is 4.90 Å². The van der Waals surface area contributed by atoms with Gasteiger partial charge in [-0.05, 0) is 42.8 Å². The number of imide groups is 2. The SMILES string of the molecule is C=CCn1cc(/C=C2\C(=O)NC(=O)N(c3ccc(Br)c(C)c3)C2=O)c2ccccc21. The minimum atomic E-state index is -0.766. The lowest BCUT2D eigenvalue weighted by Crippen LogP contribution is -2.54. The fourth-order valence-electron chi connectivity index (χ4n) is 3.50. The first-order chi connectivity index (χ1) is 14.4. The van der Waals surface area contributed by atoms with Gasteiger partial charge in [-0.25, -0.2) is 9.69 Å². The van der Waals surface area contributed by atoms with E-state index in [-0.39, 0.29) is 5.57 Å².